The minimum Gasteiger partial charge on any atom is -0.619 e. The molecule has 0 radical (unpaired) electrons. The van der Waals surface area contributed by atoms with Gasteiger partial charge in [-0.1, -0.05) is 138 Å². The van der Waals surface area contributed by atoms with Crippen molar-refractivity contribution in [1.29, 1.82) is 0 Å². The lowest BCUT2D eigenvalue weighted by atomic mass is 9.86. The fourth-order valence-corrected chi connectivity index (χ4v) is 18.3. The molecule has 0 amide bonds. The van der Waals surface area contributed by atoms with Crippen LogP contribution in [0.2, 0.25) is 0 Å². The van der Waals surface area contributed by atoms with E-state index in [1.807, 2.05) is 136 Å². The number of aromatic nitrogens is 12. The second-order valence-electron chi connectivity index (χ2n) is 34.3. The Labute approximate surface area is 732 Å². The van der Waals surface area contributed by atoms with Crippen LogP contribution >= 0.6 is 0 Å². The molecule has 0 bridgehead atoms. The number of pyridine rings is 4. The highest BCUT2D eigenvalue weighted by Gasteiger charge is 2.30. The first-order valence-corrected chi connectivity index (χ1v) is 46.2. The summed E-state index contributed by atoms with van der Waals surface area (Å²) in [6.07, 6.45) is 7.96. The number of sulfonamides is 4. The molecule has 0 aliphatic carbocycles. The smallest absolute Gasteiger partial charge is 0.263 e. The summed E-state index contributed by atoms with van der Waals surface area (Å²) in [5.41, 5.74) is 9.61. The van der Waals surface area contributed by atoms with Crippen LogP contribution in [0.3, 0.4) is 0 Å². The molecule has 0 atom stereocenters. The molecule has 26 nitrogen and oxygen atoms in total. The lowest BCUT2D eigenvalue weighted by molar-refractivity contribution is -0.603. The van der Waals surface area contributed by atoms with Gasteiger partial charge in [0.2, 0.25) is 0 Å². The van der Waals surface area contributed by atoms with Gasteiger partial charge in [0.25, 0.3) is 40.1 Å². The molecule has 4 N–H and O–H groups in total. The van der Waals surface area contributed by atoms with Crippen LogP contribution < -0.4 is 28.4 Å². The number of hydrogen-bond donors (Lipinski definition) is 4. The number of rotatable bonds is 18. The minimum atomic E-state index is -4.30. The average Bonchev–Trinajstić information content (AvgIpc) is 1.45. The summed E-state index contributed by atoms with van der Waals surface area (Å²) in [5.74, 6) is 0.0287. The number of hydrogen-bond acceptors (Lipinski definition) is 17. The third-order valence-corrected chi connectivity index (χ3v) is 25.8. The number of anilines is 4. The van der Waals surface area contributed by atoms with Gasteiger partial charge >= 0.3 is 0 Å². The molecule has 32 heteroatoms. The van der Waals surface area contributed by atoms with Gasteiger partial charge < -0.3 is 9.94 Å². The molecule has 0 saturated heterocycles. The Hall–Kier alpha value is -13.3. The van der Waals surface area contributed by atoms with Gasteiger partial charge in [0.05, 0.1) is 82.7 Å². The van der Waals surface area contributed by atoms with E-state index in [-0.39, 0.29) is 42.3 Å². The van der Waals surface area contributed by atoms with Crippen molar-refractivity contribution in [3.63, 3.8) is 0 Å². The van der Waals surface area contributed by atoms with Gasteiger partial charge in [0.1, 0.15) is 46.2 Å². The molecule has 0 saturated carbocycles. The van der Waals surface area contributed by atoms with Crippen molar-refractivity contribution in [2.45, 2.75) is 159 Å². The molecular formula is C94H98F2N16O10S4. The Morgan fingerprint density at radius 3 is 1.06 bits per heavy atom. The van der Waals surface area contributed by atoms with Crippen LogP contribution in [0.4, 0.5) is 32.1 Å². The monoisotopic (exact) mass is 1780 g/mol. The number of nitrogens with one attached hydrogen (secondary N) is 4. The lowest BCUT2D eigenvalue weighted by Crippen LogP contribution is -2.23. The zero-order chi connectivity index (χ0) is 91.0. The van der Waals surface area contributed by atoms with Crippen molar-refractivity contribution in [3.8, 4) is 28.5 Å². The molecule has 8 heterocycles. The Balaban J connectivity index is 0.000000144. The first-order valence-electron chi connectivity index (χ1n) is 40.3. The Morgan fingerprint density at radius 2 is 0.706 bits per heavy atom. The third kappa shape index (κ3) is 20.2. The van der Waals surface area contributed by atoms with Gasteiger partial charge in [-0.25, -0.2) is 61.2 Å². The zero-order valence-electron chi connectivity index (χ0n) is 72.7. The maximum atomic E-state index is 14.6. The summed E-state index contributed by atoms with van der Waals surface area (Å²) < 4.78 is 157. The highest BCUT2D eigenvalue weighted by atomic mass is 32.2. The first-order chi connectivity index (χ1) is 59.3. The molecule has 652 valence electrons. The van der Waals surface area contributed by atoms with Crippen LogP contribution in [-0.4, -0.2) is 94.4 Å². The Morgan fingerprint density at radius 1 is 0.373 bits per heavy atom. The number of aryl methyl sites for hydroxylation is 4. The molecule has 16 rings (SSSR count). The molecule has 0 unspecified atom stereocenters. The van der Waals surface area contributed by atoms with E-state index in [0.29, 0.717) is 80.7 Å². The van der Waals surface area contributed by atoms with E-state index >= 15 is 0 Å². The normalized spacial score (nSPS) is 12.2. The van der Waals surface area contributed by atoms with Crippen LogP contribution in [0.25, 0.3) is 66.2 Å². The summed E-state index contributed by atoms with van der Waals surface area (Å²) in [5, 5.41) is 33.6. The van der Waals surface area contributed by atoms with Crippen molar-refractivity contribution in [2.24, 2.45) is 0 Å². The van der Waals surface area contributed by atoms with E-state index in [1.54, 1.807) is 158 Å². The fraction of sp³-hybridized carbons (Fsp3) is 0.234. The highest BCUT2D eigenvalue weighted by molar-refractivity contribution is 7.93. The largest absolute Gasteiger partial charge is 0.619 e. The number of halogens is 2. The summed E-state index contributed by atoms with van der Waals surface area (Å²) >= 11 is 0. The summed E-state index contributed by atoms with van der Waals surface area (Å²) in [6.45, 7) is 33.3. The predicted octanol–water partition coefficient (Wildman–Crippen LogP) is 19.2. The van der Waals surface area contributed by atoms with Gasteiger partial charge in [0, 0.05) is 81.4 Å². The topological polar surface area (TPSA) is 331 Å². The molecular weight excluding hydrogens is 1680 g/mol. The Bertz CT molecular complexity index is 7230. The van der Waals surface area contributed by atoms with E-state index in [2.05, 4.69) is 117 Å². The van der Waals surface area contributed by atoms with Crippen molar-refractivity contribution in [3.05, 3.63) is 311 Å². The third-order valence-electron chi connectivity index (χ3n) is 20.4. The van der Waals surface area contributed by atoms with Crippen molar-refractivity contribution < 1.29 is 51.9 Å². The molecule has 0 aliphatic rings. The average molecular weight is 1780 g/mol. The highest BCUT2D eigenvalue weighted by Crippen LogP contribution is 2.37. The molecule has 126 heavy (non-hydrogen) atoms. The summed E-state index contributed by atoms with van der Waals surface area (Å²) in [4.78, 5) is 13.2. The van der Waals surface area contributed by atoms with E-state index in [4.69, 9.17) is 4.74 Å². The van der Waals surface area contributed by atoms with Crippen molar-refractivity contribution in [2.75, 3.05) is 25.5 Å². The van der Waals surface area contributed by atoms with Crippen LogP contribution in [-0.2, 0) is 61.8 Å². The molecule has 0 spiro atoms. The second kappa shape index (κ2) is 35.4. The molecule has 0 fully saturated rings. The van der Waals surface area contributed by atoms with Crippen LogP contribution in [0, 0.1) is 44.5 Å². The fourth-order valence-electron chi connectivity index (χ4n) is 14.1. The zero-order valence-corrected chi connectivity index (χ0v) is 76.0. The van der Waals surface area contributed by atoms with Crippen LogP contribution in [0.15, 0.2) is 269 Å². The van der Waals surface area contributed by atoms with E-state index in [0.717, 1.165) is 71.7 Å². The SMILES string of the molecule is CCOc1ccc(-n2nc(C)cc2NS(=O)(=O)c2ccc(C(C)(C)C)cc2)c2cccnc12.Cc1cc(NS(=O)(=O)c2cc(F)c(C(C)(C)C)c(F)c2)n(-c2cccc3ncccc23)n1.Cc1cc(NS(=O)(=O)c2ccc(C(C)(C)C)cc2)n(-c2cccc3c[n+]([O-])ccc23)n1.Cc1cc(NS(=O)(=O)c2ccc(C(C)(C)C)cc2)n(-c2cccc3ncccc23)n1. The van der Waals surface area contributed by atoms with Crippen molar-refractivity contribution >= 4 is 107 Å². The van der Waals surface area contributed by atoms with Crippen LogP contribution in [0.1, 0.15) is 135 Å². The lowest BCUT2D eigenvalue weighted by Gasteiger charge is -2.21. The molecule has 8 aromatic heterocycles. The molecule has 16 aromatic rings. The number of ether oxygens (including phenoxy) is 1. The van der Waals surface area contributed by atoms with Gasteiger partial charge in [-0.05, 0) is 206 Å². The second-order valence-corrected chi connectivity index (χ2v) is 41.0. The van der Waals surface area contributed by atoms with Gasteiger partial charge in [0.15, 0.2) is 12.4 Å². The van der Waals surface area contributed by atoms with Gasteiger partial charge in [-0.15, -0.1) is 0 Å². The number of fused-ring (bicyclic) bond motifs is 4. The maximum Gasteiger partial charge on any atom is 0.263 e. The predicted molar refractivity (Wildman–Crippen MR) is 490 cm³/mol. The first kappa shape index (κ1) is 90.4. The Kier molecular flexibility index (Phi) is 25.4. The van der Waals surface area contributed by atoms with Crippen molar-refractivity contribution in [1.82, 2.24) is 54.1 Å². The summed E-state index contributed by atoms with van der Waals surface area (Å²) in [6, 6.07) is 62.3. The quantitative estimate of drug-likeness (QED) is 0.0458. The number of nitrogens with zero attached hydrogens (tertiary/aromatic N) is 12. The maximum absolute atomic E-state index is 14.6. The summed E-state index contributed by atoms with van der Waals surface area (Å²) in [7, 11) is -15.7. The van der Waals surface area contributed by atoms with E-state index < -0.39 is 62.0 Å². The van der Waals surface area contributed by atoms with Gasteiger partial charge in [-0.3, -0.25) is 33.8 Å². The minimum absolute atomic E-state index is 0.0478. The number of benzene rings is 8. The molecule has 8 aromatic carbocycles. The van der Waals surface area contributed by atoms with Gasteiger partial charge in [-0.2, -0.15) is 25.1 Å². The molecule has 0 aliphatic heterocycles. The van der Waals surface area contributed by atoms with E-state index in [9.17, 15) is 47.7 Å². The standard InChI is InChI=1S/C25H28N4O3S.C23H22F2N4O2S.C23H24N4O3S.C23H24N4O2S/c1-6-32-22-14-13-21(20-8-7-15-26-24(20)22)29-23(16-17(2)27-29)28-33(30,31)19-11-9-18(10-12-19)25(3,4)5;1-14-11-21(29(27-14)20-9-5-8-19-16(20)7-6-10-26-19)28-32(30,31)15-12-17(24)22(18(25)13-15)23(2,3)4;1-16-14-22(25-31(29,30)19-10-8-18(9-11-19)23(2,3)4)27(24-16)21-7-5-6-17-15-26(28)13-12-20(17)21;1-16-15-22(26-30(28,29)18-12-10-17(11-13-18)23(2,3)4)27(25-16)21-9-5-8-20-19(21)7-6-14-24-20/h7-16,28H,6H2,1-5H3;5-13,28H,1-4H3;5-15,25H,1-4H3;5-15,26H,1-4H3. The van der Waals surface area contributed by atoms with Crippen LogP contribution in [0.5, 0.6) is 5.75 Å². The van der Waals surface area contributed by atoms with E-state index in [1.165, 1.54) is 17.1 Å².